The fourth-order valence-corrected chi connectivity index (χ4v) is 8.96. The van der Waals surface area contributed by atoms with E-state index in [4.69, 9.17) is 42.1 Å². The number of carbonyl (C=O) groups excluding carboxylic acids is 2. The summed E-state index contributed by atoms with van der Waals surface area (Å²) in [5.74, 6) is 3.03. The first kappa shape index (κ1) is 39.8. The van der Waals surface area contributed by atoms with Crippen LogP contribution in [0.15, 0.2) is 85.2 Å². The summed E-state index contributed by atoms with van der Waals surface area (Å²) in [5, 5.41) is 9.68. The maximum Gasteiger partial charge on any atom is 0.264 e. The summed E-state index contributed by atoms with van der Waals surface area (Å²) in [4.78, 5) is 38.7. The van der Waals surface area contributed by atoms with Gasteiger partial charge >= 0.3 is 0 Å². The molecule has 12 nitrogen and oxygen atoms in total. The van der Waals surface area contributed by atoms with Gasteiger partial charge in [0, 0.05) is 121 Å². The van der Waals surface area contributed by atoms with Gasteiger partial charge in [-0.1, -0.05) is 23.2 Å². The van der Waals surface area contributed by atoms with Gasteiger partial charge in [0.1, 0.15) is 23.0 Å². The molecular formula is C46H44Cl2N6O6. The number of rotatable bonds is 6. The number of ether oxygens (including phenoxy) is 4. The Bertz CT molecular complexity index is 2430. The van der Waals surface area contributed by atoms with E-state index in [2.05, 4.69) is 20.6 Å². The fourth-order valence-electron chi connectivity index (χ4n) is 8.48. The van der Waals surface area contributed by atoms with Gasteiger partial charge in [0.15, 0.2) is 12.2 Å². The van der Waals surface area contributed by atoms with Crippen molar-refractivity contribution in [2.45, 2.75) is 25.0 Å². The van der Waals surface area contributed by atoms with Crippen LogP contribution < -0.4 is 29.6 Å². The quantitative estimate of drug-likeness (QED) is 0.190. The van der Waals surface area contributed by atoms with E-state index in [1.54, 1.807) is 26.6 Å². The van der Waals surface area contributed by atoms with Crippen molar-refractivity contribution in [3.05, 3.63) is 106 Å². The maximum atomic E-state index is 13.0. The van der Waals surface area contributed by atoms with Gasteiger partial charge < -0.3 is 39.4 Å². The molecule has 2 N–H and O–H groups in total. The third-order valence-electron chi connectivity index (χ3n) is 11.5. The predicted molar refractivity (Wildman–Crippen MR) is 233 cm³/mol. The molecule has 308 valence electrons. The highest BCUT2D eigenvalue weighted by atomic mass is 35.5. The molecule has 2 atom stereocenters. The molecule has 2 fully saturated rings. The molecule has 0 aliphatic carbocycles. The zero-order valence-electron chi connectivity index (χ0n) is 33.3. The summed E-state index contributed by atoms with van der Waals surface area (Å²) >= 11 is 12.9. The number of fused-ring (bicyclic) bond motifs is 4. The molecule has 0 spiro atoms. The molecule has 6 aromatic rings. The largest absolute Gasteiger partial charge is 0.497 e. The lowest BCUT2D eigenvalue weighted by molar-refractivity contribution is -0.139. The minimum Gasteiger partial charge on any atom is -0.497 e. The van der Waals surface area contributed by atoms with Gasteiger partial charge in [-0.05, 0) is 83.9 Å². The monoisotopic (exact) mass is 846 g/mol. The number of piperazine rings is 2. The zero-order chi connectivity index (χ0) is 41.3. The second-order valence-corrected chi connectivity index (χ2v) is 16.0. The van der Waals surface area contributed by atoms with E-state index in [0.717, 1.165) is 104 Å². The Balaban J connectivity index is 0.000000154. The molecule has 60 heavy (non-hydrogen) atoms. The number of carbonyl (C=O) groups is 2. The number of halogens is 2. The topological polar surface area (TPSA) is 127 Å². The van der Waals surface area contributed by atoms with Crippen molar-refractivity contribution in [3.8, 4) is 45.3 Å². The molecule has 4 aliphatic heterocycles. The Morgan fingerprint density at radius 3 is 1.42 bits per heavy atom. The van der Waals surface area contributed by atoms with Crippen LogP contribution in [0.3, 0.4) is 0 Å². The van der Waals surface area contributed by atoms with Crippen LogP contribution in [0, 0.1) is 0 Å². The summed E-state index contributed by atoms with van der Waals surface area (Å²) in [7, 11) is 3.29. The number of nitrogens with one attached hydrogen (secondary N) is 2. The predicted octanol–water partition coefficient (Wildman–Crippen LogP) is 6.60. The van der Waals surface area contributed by atoms with Crippen LogP contribution in [0.5, 0.6) is 23.0 Å². The van der Waals surface area contributed by atoms with Crippen molar-refractivity contribution >= 4 is 56.8 Å². The van der Waals surface area contributed by atoms with Crippen LogP contribution in [-0.4, -0.2) is 110 Å². The average molecular weight is 848 g/mol. The molecule has 2 amide bonds. The molecular weight excluding hydrogens is 803 g/mol. The average Bonchev–Trinajstić information content (AvgIpc) is 3.93. The molecule has 4 aliphatic rings. The number of methoxy groups -OCH3 is 2. The number of hydrogen-bond donors (Lipinski definition) is 2. The minimum atomic E-state index is -0.516. The third-order valence-corrected chi connectivity index (χ3v) is 11.9. The Kier molecular flexibility index (Phi) is 11.4. The Hall–Kier alpha value is -5.66. The van der Waals surface area contributed by atoms with Gasteiger partial charge in [0.2, 0.25) is 0 Å². The Labute approximate surface area is 357 Å². The Morgan fingerprint density at radius 1 is 0.600 bits per heavy atom. The molecule has 0 radical (unpaired) electrons. The van der Waals surface area contributed by atoms with E-state index in [1.165, 1.54) is 0 Å². The van der Waals surface area contributed by atoms with Crippen LogP contribution in [0.4, 0.5) is 0 Å². The second-order valence-electron chi connectivity index (χ2n) is 15.1. The Morgan fingerprint density at radius 2 is 1.02 bits per heavy atom. The van der Waals surface area contributed by atoms with Gasteiger partial charge in [-0.3, -0.25) is 19.6 Å². The smallest absolute Gasteiger partial charge is 0.264 e. The van der Waals surface area contributed by atoms with E-state index in [9.17, 15) is 9.59 Å². The van der Waals surface area contributed by atoms with Crippen LogP contribution >= 0.6 is 23.2 Å². The first-order chi connectivity index (χ1) is 29.3. The van der Waals surface area contributed by atoms with Gasteiger partial charge in [-0.25, -0.2) is 0 Å². The van der Waals surface area contributed by atoms with E-state index in [1.807, 2.05) is 82.6 Å². The number of nitrogens with zero attached hydrogens (tertiary/aromatic N) is 4. The lowest BCUT2D eigenvalue weighted by Gasteiger charge is -2.29. The molecule has 4 aromatic carbocycles. The SMILES string of the molecule is COc1ccc2nccc(-c3cc(Cl)cc4c3O[C@@H](C(=O)N3CCNCC3)C4)c2c1.COc1ccc2nccc(-c3cc(Cl)cc4c3O[C@H](C(=O)N3CCNCC3)C4)c2c1. The summed E-state index contributed by atoms with van der Waals surface area (Å²) in [6.45, 7) is 6.07. The van der Waals surface area contributed by atoms with E-state index in [-0.39, 0.29) is 11.8 Å². The van der Waals surface area contributed by atoms with Gasteiger partial charge in [0.05, 0.1) is 25.3 Å². The van der Waals surface area contributed by atoms with Crippen LogP contribution in [0.2, 0.25) is 10.0 Å². The highest BCUT2D eigenvalue weighted by Crippen LogP contribution is 2.45. The zero-order valence-corrected chi connectivity index (χ0v) is 34.8. The third kappa shape index (κ3) is 7.88. The van der Waals surface area contributed by atoms with Gasteiger partial charge in [-0.2, -0.15) is 0 Å². The number of benzene rings is 4. The molecule has 10 rings (SSSR count). The van der Waals surface area contributed by atoms with Crippen LogP contribution in [0.1, 0.15) is 11.1 Å². The van der Waals surface area contributed by atoms with Crippen molar-refractivity contribution in [1.82, 2.24) is 30.4 Å². The van der Waals surface area contributed by atoms with E-state index in [0.29, 0.717) is 49.1 Å². The molecule has 6 heterocycles. The summed E-state index contributed by atoms with van der Waals surface area (Å²) in [5.41, 5.74) is 7.27. The minimum absolute atomic E-state index is 0.0380. The number of amides is 2. The summed E-state index contributed by atoms with van der Waals surface area (Å²) in [6, 6.07) is 23.0. The van der Waals surface area contributed by atoms with Crippen molar-refractivity contribution in [3.63, 3.8) is 0 Å². The summed E-state index contributed by atoms with van der Waals surface area (Å²) in [6.07, 6.45) is 3.57. The van der Waals surface area contributed by atoms with Crippen molar-refractivity contribution < 1.29 is 28.5 Å². The second kappa shape index (κ2) is 17.1. The van der Waals surface area contributed by atoms with Crippen LogP contribution in [-0.2, 0) is 22.4 Å². The molecule has 0 bridgehead atoms. The molecule has 0 saturated carbocycles. The summed E-state index contributed by atoms with van der Waals surface area (Å²) < 4.78 is 23.3. The van der Waals surface area contributed by atoms with Crippen molar-refractivity contribution in [2.75, 3.05) is 66.6 Å². The lowest BCUT2D eigenvalue weighted by Crippen LogP contribution is -2.50. The van der Waals surface area contributed by atoms with Crippen molar-refractivity contribution in [2.24, 2.45) is 0 Å². The molecule has 0 unspecified atom stereocenters. The number of aromatic nitrogens is 2. The first-order valence-corrected chi connectivity index (χ1v) is 20.9. The standard InChI is InChI=1S/2C23H22ClN3O3/c2*1-29-16-2-3-20-18(13-16)17(4-5-26-20)19-12-15(24)10-14-11-21(30-22(14)19)23(28)27-8-6-25-7-9-27/h2*2-5,10,12-13,21,25H,6-9,11H2,1H3/t2*21-/m10/s1. The first-order valence-electron chi connectivity index (χ1n) is 20.1. The number of pyridine rings is 2. The highest BCUT2D eigenvalue weighted by molar-refractivity contribution is 6.31. The molecule has 14 heteroatoms. The van der Waals surface area contributed by atoms with Gasteiger partial charge in [0.25, 0.3) is 11.8 Å². The highest BCUT2D eigenvalue weighted by Gasteiger charge is 2.36. The maximum absolute atomic E-state index is 13.0. The normalized spacial score (nSPS) is 18.2. The van der Waals surface area contributed by atoms with E-state index < -0.39 is 12.2 Å². The van der Waals surface area contributed by atoms with Crippen molar-refractivity contribution in [1.29, 1.82) is 0 Å². The van der Waals surface area contributed by atoms with Gasteiger partial charge in [-0.15, -0.1) is 0 Å². The number of hydrogen-bond acceptors (Lipinski definition) is 10. The molecule has 2 saturated heterocycles. The fraction of sp³-hybridized carbons (Fsp3) is 0.304. The van der Waals surface area contributed by atoms with E-state index >= 15 is 0 Å². The lowest BCUT2D eigenvalue weighted by atomic mass is 9.97. The molecule has 2 aromatic heterocycles. The van der Waals surface area contributed by atoms with Crippen LogP contribution in [0.25, 0.3) is 44.1 Å².